The van der Waals surface area contributed by atoms with Crippen LogP contribution in [0.15, 0.2) is 30.3 Å². The fourth-order valence-electron chi connectivity index (χ4n) is 2.45. The number of methoxy groups -OCH3 is 1. The predicted molar refractivity (Wildman–Crippen MR) is 77.6 cm³/mol. The number of nitrogens with zero attached hydrogens (tertiary/aromatic N) is 2. The van der Waals surface area contributed by atoms with Crippen molar-refractivity contribution >= 4 is 0 Å². The van der Waals surface area contributed by atoms with Crippen LogP contribution in [0.2, 0.25) is 0 Å². The number of aliphatic hydroxyl groups is 1. The van der Waals surface area contributed by atoms with Crippen molar-refractivity contribution in [2.24, 2.45) is 12.8 Å². The summed E-state index contributed by atoms with van der Waals surface area (Å²) < 4.78 is 6.92. The maximum Gasteiger partial charge on any atom is 0.217 e. The maximum absolute atomic E-state index is 10.5. The van der Waals surface area contributed by atoms with Gasteiger partial charge in [-0.15, -0.1) is 0 Å². The highest BCUT2D eigenvalue weighted by molar-refractivity contribution is 5.34. The van der Waals surface area contributed by atoms with Crippen molar-refractivity contribution < 1.29 is 9.84 Å². The number of aromatic nitrogens is 2. The van der Waals surface area contributed by atoms with Crippen LogP contribution in [-0.4, -0.2) is 28.0 Å². The van der Waals surface area contributed by atoms with Gasteiger partial charge in [0.1, 0.15) is 6.10 Å². The second-order valence-electron chi connectivity index (χ2n) is 4.93. The normalized spacial score (nSPS) is 14.1. The van der Waals surface area contributed by atoms with Gasteiger partial charge in [-0.05, 0) is 18.9 Å². The molecule has 3 N–H and O–H groups in total. The van der Waals surface area contributed by atoms with E-state index in [-0.39, 0.29) is 0 Å². The van der Waals surface area contributed by atoms with Gasteiger partial charge in [0.15, 0.2) is 0 Å². The third-order valence-electron chi connectivity index (χ3n) is 3.42. The number of ether oxygens (including phenoxy) is 1. The molecule has 2 unspecified atom stereocenters. The van der Waals surface area contributed by atoms with Gasteiger partial charge in [-0.2, -0.15) is 5.10 Å². The van der Waals surface area contributed by atoms with E-state index in [0.717, 1.165) is 11.3 Å². The number of hydrogen-bond acceptors (Lipinski definition) is 4. The first-order chi connectivity index (χ1) is 9.54. The molecule has 1 heterocycles. The molecule has 0 aliphatic carbocycles. The summed E-state index contributed by atoms with van der Waals surface area (Å²) in [5.41, 5.74) is 8.64. The summed E-state index contributed by atoms with van der Waals surface area (Å²) in [4.78, 5) is 0. The fraction of sp³-hybridized carbons (Fsp3) is 0.400. The van der Waals surface area contributed by atoms with E-state index in [0.29, 0.717) is 17.9 Å². The van der Waals surface area contributed by atoms with Crippen LogP contribution in [0.1, 0.15) is 22.9 Å². The first kappa shape index (κ1) is 14.6. The number of hydrogen-bond donors (Lipinski definition) is 2. The molecule has 0 aliphatic heterocycles. The fourth-order valence-corrected chi connectivity index (χ4v) is 2.45. The standard InChI is InChI=1S/C15H21N3O2/c1-10-13(15(20-3)18(2)17-10)14(19)12(16)9-11-7-5-4-6-8-11/h4-8,12,14,19H,9,16H2,1-3H3. The van der Waals surface area contributed by atoms with Crippen LogP contribution in [0.3, 0.4) is 0 Å². The summed E-state index contributed by atoms with van der Waals surface area (Å²) in [5.74, 6) is 0.554. The second-order valence-corrected chi connectivity index (χ2v) is 4.93. The van der Waals surface area contributed by atoms with Crippen LogP contribution in [0.4, 0.5) is 0 Å². The Hall–Kier alpha value is -1.85. The van der Waals surface area contributed by atoms with Crippen LogP contribution in [0, 0.1) is 6.92 Å². The van der Waals surface area contributed by atoms with Gasteiger partial charge in [0.25, 0.3) is 0 Å². The van der Waals surface area contributed by atoms with Gasteiger partial charge in [0.05, 0.1) is 18.4 Å². The Morgan fingerprint density at radius 1 is 1.35 bits per heavy atom. The zero-order chi connectivity index (χ0) is 14.7. The minimum Gasteiger partial charge on any atom is -0.481 e. The van der Waals surface area contributed by atoms with Crippen LogP contribution in [0.25, 0.3) is 0 Å². The highest BCUT2D eigenvalue weighted by Gasteiger charge is 2.26. The molecule has 0 amide bonds. The Balaban J connectivity index is 2.20. The average Bonchev–Trinajstić information content (AvgIpc) is 2.72. The third-order valence-corrected chi connectivity index (χ3v) is 3.42. The maximum atomic E-state index is 10.5. The Kier molecular flexibility index (Phi) is 4.42. The topological polar surface area (TPSA) is 73.3 Å². The number of benzene rings is 1. The first-order valence-electron chi connectivity index (χ1n) is 6.59. The molecule has 1 aromatic carbocycles. The molecule has 2 rings (SSSR count). The zero-order valence-electron chi connectivity index (χ0n) is 12.1. The molecule has 0 saturated heterocycles. The van der Waals surface area contributed by atoms with Crippen molar-refractivity contribution in [3.05, 3.63) is 47.2 Å². The Morgan fingerprint density at radius 3 is 2.60 bits per heavy atom. The van der Waals surface area contributed by atoms with Gasteiger partial charge in [0, 0.05) is 13.1 Å². The van der Waals surface area contributed by atoms with Crippen molar-refractivity contribution in [1.82, 2.24) is 9.78 Å². The van der Waals surface area contributed by atoms with Crippen molar-refractivity contribution in [1.29, 1.82) is 0 Å². The smallest absolute Gasteiger partial charge is 0.217 e. The van der Waals surface area contributed by atoms with Gasteiger partial charge in [-0.3, -0.25) is 0 Å². The molecule has 1 aromatic heterocycles. The Labute approximate surface area is 119 Å². The SMILES string of the molecule is COc1c(C(O)C(N)Cc2ccccc2)c(C)nn1C. The van der Waals surface area contributed by atoms with Crippen molar-refractivity contribution in [2.45, 2.75) is 25.5 Å². The summed E-state index contributed by atoms with van der Waals surface area (Å²) >= 11 is 0. The van der Waals surface area contributed by atoms with Gasteiger partial charge >= 0.3 is 0 Å². The zero-order valence-corrected chi connectivity index (χ0v) is 12.1. The van der Waals surface area contributed by atoms with Crippen LogP contribution in [0.5, 0.6) is 5.88 Å². The minimum atomic E-state index is -0.807. The summed E-state index contributed by atoms with van der Waals surface area (Å²) in [6.45, 7) is 1.84. The van der Waals surface area contributed by atoms with Crippen LogP contribution >= 0.6 is 0 Å². The lowest BCUT2D eigenvalue weighted by Gasteiger charge is -2.19. The average molecular weight is 275 g/mol. The van der Waals surface area contributed by atoms with Crippen molar-refractivity contribution in [3.8, 4) is 5.88 Å². The van der Waals surface area contributed by atoms with Crippen molar-refractivity contribution in [3.63, 3.8) is 0 Å². The summed E-state index contributed by atoms with van der Waals surface area (Å²) in [6.07, 6.45) is -0.210. The first-order valence-corrected chi connectivity index (χ1v) is 6.59. The number of nitrogens with two attached hydrogens (primary N) is 1. The molecule has 0 aliphatic rings. The molecule has 0 bridgehead atoms. The molecule has 2 atom stereocenters. The van der Waals surface area contributed by atoms with Crippen LogP contribution in [-0.2, 0) is 13.5 Å². The molecule has 5 nitrogen and oxygen atoms in total. The highest BCUT2D eigenvalue weighted by atomic mass is 16.5. The number of rotatable bonds is 5. The molecule has 108 valence electrons. The third kappa shape index (κ3) is 2.84. The number of aliphatic hydroxyl groups excluding tert-OH is 1. The molecular weight excluding hydrogens is 254 g/mol. The molecular formula is C15H21N3O2. The van der Waals surface area contributed by atoms with Gasteiger partial charge in [-0.1, -0.05) is 30.3 Å². The summed E-state index contributed by atoms with van der Waals surface area (Å²) in [7, 11) is 3.35. The van der Waals surface area contributed by atoms with E-state index in [1.165, 1.54) is 0 Å². The lowest BCUT2D eigenvalue weighted by Crippen LogP contribution is -2.31. The van der Waals surface area contributed by atoms with Crippen LogP contribution < -0.4 is 10.5 Å². The minimum absolute atomic E-state index is 0.408. The van der Waals surface area contributed by atoms with Gasteiger partial charge < -0.3 is 15.6 Å². The van der Waals surface area contributed by atoms with E-state index in [1.807, 2.05) is 37.3 Å². The lowest BCUT2D eigenvalue weighted by molar-refractivity contribution is 0.141. The molecule has 0 radical (unpaired) electrons. The largest absolute Gasteiger partial charge is 0.481 e. The van der Waals surface area contributed by atoms with Crippen molar-refractivity contribution in [2.75, 3.05) is 7.11 Å². The molecule has 0 fully saturated rings. The van der Waals surface area contributed by atoms with Gasteiger partial charge in [-0.25, -0.2) is 4.68 Å². The second kappa shape index (κ2) is 6.07. The quantitative estimate of drug-likeness (QED) is 0.863. The van der Waals surface area contributed by atoms with E-state index in [9.17, 15) is 5.11 Å². The monoisotopic (exact) mass is 275 g/mol. The van der Waals surface area contributed by atoms with E-state index < -0.39 is 12.1 Å². The highest BCUT2D eigenvalue weighted by Crippen LogP contribution is 2.30. The molecule has 20 heavy (non-hydrogen) atoms. The summed E-state index contributed by atoms with van der Waals surface area (Å²) in [5, 5.41) is 14.8. The molecule has 5 heteroatoms. The molecule has 0 saturated carbocycles. The molecule has 2 aromatic rings. The molecule has 0 spiro atoms. The van der Waals surface area contributed by atoms with E-state index >= 15 is 0 Å². The number of aryl methyl sites for hydroxylation is 2. The van der Waals surface area contributed by atoms with E-state index in [1.54, 1.807) is 18.8 Å². The van der Waals surface area contributed by atoms with E-state index in [4.69, 9.17) is 10.5 Å². The van der Waals surface area contributed by atoms with E-state index in [2.05, 4.69) is 5.10 Å². The Bertz CT molecular complexity index is 566. The lowest BCUT2D eigenvalue weighted by atomic mass is 9.97. The summed E-state index contributed by atoms with van der Waals surface area (Å²) in [6, 6.07) is 9.48. The predicted octanol–water partition coefficient (Wildman–Crippen LogP) is 1.34. The van der Waals surface area contributed by atoms with Gasteiger partial charge in [0.2, 0.25) is 5.88 Å². The Morgan fingerprint density at radius 2 is 2.00 bits per heavy atom.